The Balaban J connectivity index is 2.08. The Kier molecular flexibility index (Phi) is 20.9. The van der Waals surface area contributed by atoms with Crippen molar-refractivity contribution < 1.29 is 93.1 Å². The van der Waals surface area contributed by atoms with E-state index in [2.05, 4.69) is 0 Å². The number of aliphatic hydroxyl groups excluding tert-OH is 8. The Morgan fingerprint density at radius 3 is 1.70 bits per heavy atom. The van der Waals surface area contributed by atoms with E-state index in [0.717, 1.165) is 32.1 Å². The van der Waals surface area contributed by atoms with E-state index in [0.29, 0.717) is 19.3 Å². The Hall–Kier alpha value is -2.11. The van der Waals surface area contributed by atoms with E-state index in [9.17, 15) is 55.2 Å². The van der Waals surface area contributed by atoms with Gasteiger partial charge in [0.25, 0.3) is 0 Å². The Morgan fingerprint density at radius 2 is 1.12 bits per heavy atom. The summed E-state index contributed by atoms with van der Waals surface area (Å²) < 4.78 is 46.9. The van der Waals surface area contributed by atoms with E-state index in [4.69, 9.17) is 37.9 Å². The summed E-state index contributed by atoms with van der Waals surface area (Å²) in [5.41, 5.74) is 0. The molecule has 8 unspecified atom stereocenters. The molecule has 3 aliphatic heterocycles. The van der Waals surface area contributed by atoms with Crippen LogP contribution in [0.1, 0.15) is 98.8 Å². The molecule has 57 heavy (non-hydrogen) atoms. The summed E-state index contributed by atoms with van der Waals surface area (Å²) in [7, 11) is 0. The fourth-order valence-electron chi connectivity index (χ4n) is 6.51. The molecule has 0 aromatic carbocycles. The fourth-order valence-corrected chi connectivity index (χ4v) is 6.51. The van der Waals surface area contributed by atoms with Crippen LogP contribution in [0.25, 0.3) is 0 Å². The van der Waals surface area contributed by atoms with Crippen LogP contribution in [-0.2, 0) is 52.3 Å². The quantitative estimate of drug-likeness (QED) is 0.0381. The maximum absolute atomic E-state index is 13.5. The molecule has 0 saturated carbocycles. The van der Waals surface area contributed by atoms with Crippen LogP contribution in [0.15, 0.2) is 0 Å². The highest BCUT2D eigenvalue weighted by atomic mass is 16.8. The number of carbonyl (C=O) groups is 3. The van der Waals surface area contributed by atoms with Crippen LogP contribution in [0.5, 0.6) is 0 Å². The molecule has 0 aliphatic carbocycles. The lowest BCUT2D eigenvalue weighted by molar-refractivity contribution is -0.381. The van der Waals surface area contributed by atoms with Crippen LogP contribution in [0.3, 0.4) is 0 Å². The summed E-state index contributed by atoms with van der Waals surface area (Å²) >= 11 is 0. The number of esters is 3. The summed E-state index contributed by atoms with van der Waals surface area (Å²) in [5, 5.41) is 82.7. The zero-order valence-electron chi connectivity index (χ0n) is 33.6. The topological polar surface area (TPSA) is 287 Å². The maximum Gasteiger partial charge on any atom is 0.309 e. The van der Waals surface area contributed by atoms with Crippen molar-refractivity contribution in [3.63, 3.8) is 0 Å². The van der Waals surface area contributed by atoms with Crippen molar-refractivity contribution in [3.8, 4) is 0 Å². The molecule has 332 valence electrons. The van der Waals surface area contributed by atoms with Crippen molar-refractivity contribution in [2.75, 3.05) is 19.8 Å². The minimum atomic E-state index is -1.94. The van der Waals surface area contributed by atoms with Crippen LogP contribution >= 0.6 is 0 Å². The molecule has 19 nitrogen and oxygen atoms in total. The molecule has 0 aromatic heterocycles. The van der Waals surface area contributed by atoms with Crippen LogP contribution in [-0.4, -0.2) is 171 Å². The molecule has 3 rings (SSSR count). The molecule has 0 bridgehead atoms. The summed E-state index contributed by atoms with van der Waals surface area (Å²) in [6.45, 7) is 7.05. The Bertz CT molecular complexity index is 1200. The van der Waals surface area contributed by atoms with Gasteiger partial charge in [-0.05, 0) is 25.2 Å². The molecule has 3 heterocycles. The van der Waals surface area contributed by atoms with E-state index in [1.54, 1.807) is 13.8 Å². The number of hydrogen-bond acceptors (Lipinski definition) is 19. The number of ether oxygens (including phenoxy) is 8. The van der Waals surface area contributed by atoms with E-state index in [1.807, 2.05) is 20.8 Å². The van der Waals surface area contributed by atoms with Gasteiger partial charge in [-0.25, -0.2) is 0 Å². The lowest BCUT2D eigenvalue weighted by atomic mass is 9.96. The summed E-state index contributed by atoms with van der Waals surface area (Å²) in [5.74, 6) is -2.83. The number of hydrogen-bond donors (Lipinski definition) is 8. The maximum atomic E-state index is 13.5. The molecule has 3 saturated heterocycles. The second-order valence-corrected chi connectivity index (χ2v) is 15.2. The van der Waals surface area contributed by atoms with E-state index >= 15 is 0 Å². The van der Waals surface area contributed by atoms with Gasteiger partial charge in [-0.3, -0.25) is 14.4 Å². The Labute approximate surface area is 333 Å². The third kappa shape index (κ3) is 13.7. The highest BCUT2D eigenvalue weighted by Gasteiger charge is 2.56. The largest absolute Gasteiger partial charge is 0.455 e. The average Bonchev–Trinajstić information content (AvgIpc) is 3.20. The highest BCUT2D eigenvalue weighted by molar-refractivity contribution is 5.73. The van der Waals surface area contributed by atoms with E-state index in [1.165, 1.54) is 0 Å². The second-order valence-electron chi connectivity index (χ2n) is 15.2. The minimum Gasteiger partial charge on any atom is -0.455 e. The predicted octanol–water partition coefficient (Wildman–Crippen LogP) is -0.687. The summed E-state index contributed by atoms with van der Waals surface area (Å²) in [4.78, 5) is 40.5. The van der Waals surface area contributed by atoms with Crippen molar-refractivity contribution in [2.45, 2.75) is 191 Å². The normalized spacial score (nSPS) is 36.9. The van der Waals surface area contributed by atoms with Gasteiger partial charge in [-0.15, -0.1) is 0 Å². The van der Waals surface area contributed by atoms with Gasteiger partial charge < -0.3 is 78.7 Å². The standard InChI is InChI=1S/C38H66O19/c1-6-9-10-11-12-13-24(41)54-32-23(18-50-36-30(47)28(45)26(43)21(16-39)51-36)53-38(57-37-31(48)29(46)27(44)22(17-40)52-37)34(33(32)56-35(49)20(5)8-3)55-25(42)15-14-19(4)7-2/h19-23,26-34,36-40,43-48H,6-18H2,1-5H3/t19?,20?,21?,22?,23?,26-,27+,28-,29-,30?,31?,32+,33-,34?,36-,37+,38+/m0/s1. The molecule has 3 aliphatic rings. The lowest BCUT2D eigenvalue weighted by Crippen LogP contribution is -2.66. The van der Waals surface area contributed by atoms with Crippen molar-refractivity contribution in [2.24, 2.45) is 11.8 Å². The Morgan fingerprint density at radius 1 is 0.579 bits per heavy atom. The average molecular weight is 827 g/mol. The van der Waals surface area contributed by atoms with Crippen LogP contribution in [0, 0.1) is 11.8 Å². The monoisotopic (exact) mass is 826 g/mol. The first kappa shape index (κ1) is 49.3. The van der Waals surface area contributed by atoms with Crippen LogP contribution in [0.4, 0.5) is 0 Å². The lowest BCUT2D eigenvalue weighted by Gasteiger charge is -2.47. The fraction of sp³-hybridized carbons (Fsp3) is 0.921. The second kappa shape index (κ2) is 24.2. The molecule has 3 fully saturated rings. The zero-order valence-corrected chi connectivity index (χ0v) is 33.6. The molecule has 0 aromatic rings. The van der Waals surface area contributed by atoms with E-state index in [-0.39, 0.29) is 18.8 Å². The van der Waals surface area contributed by atoms with Crippen LogP contribution < -0.4 is 0 Å². The molecule has 0 spiro atoms. The van der Waals surface area contributed by atoms with Gasteiger partial charge in [-0.2, -0.15) is 0 Å². The predicted molar refractivity (Wildman–Crippen MR) is 194 cm³/mol. The first-order chi connectivity index (χ1) is 27.1. The molecular formula is C38H66O19. The highest BCUT2D eigenvalue weighted by Crippen LogP contribution is 2.35. The first-order valence-electron chi connectivity index (χ1n) is 20.2. The minimum absolute atomic E-state index is 0.0450. The summed E-state index contributed by atoms with van der Waals surface area (Å²) in [6.07, 6.45) is -20.1. The number of rotatable bonds is 22. The van der Waals surface area contributed by atoms with Crippen molar-refractivity contribution in [1.29, 1.82) is 0 Å². The SMILES string of the molecule is CCCCCCCC(=O)O[C@@H]1C(CO[C@H]2OC(CO)[C@H](O)[C@H](O)C2O)O[C@H](O[C@H]2OC(CO)[C@@H](O)[C@H](O)C2O)C(OC(=O)CCC(C)CC)[C@H]1OC(=O)C(C)CC. The molecular weight excluding hydrogens is 760 g/mol. The smallest absolute Gasteiger partial charge is 0.309 e. The van der Waals surface area contributed by atoms with Gasteiger partial charge in [0.05, 0.1) is 25.7 Å². The number of carbonyl (C=O) groups excluding carboxylic acids is 3. The van der Waals surface area contributed by atoms with Crippen molar-refractivity contribution >= 4 is 17.9 Å². The zero-order chi connectivity index (χ0) is 42.4. The van der Waals surface area contributed by atoms with Gasteiger partial charge in [0, 0.05) is 12.8 Å². The molecule has 19 heteroatoms. The van der Waals surface area contributed by atoms with Gasteiger partial charge in [0.1, 0.15) is 54.9 Å². The van der Waals surface area contributed by atoms with Gasteiger partial charge in [0.2, 0.25) is 6.29 Å². The number of aliphatic hydroxyl groups is 8. The molecule has 0 amide bonds. The summed E-state index contributed by atoms with van der Waals surface area (Å²) in [6, 6.07) is 0. The van der Waals surface area contributed by atoms with E-state index < -0.39 is 136 Å². The molecule has 0 radical (unpaired) electrons. The third-order valence-electron chi connectivity index (χ3n) is 10.8. The number of unbranched alkanes of at least 4 members (excludes halogenated alkanes) is 4. The third-order valence-corrected chi connectivity index (χ3v) is 10.8. The van der Waals surface area contributed by atoms with Gasteiger partial charge in [-0.1, -0.05) is 66.7 Å². The van der Waals surface area contributed by atoms with Crippen LogP contribution in [0.2, 0.25) is 0 Å². The van der Waals surface area contributed by atoms with Gasteiger partial charge >= 0.3 is 17.9 Å². The molecule has 8 N–H and O–H groups in total. The van der Waals surface area contributed by atoms with Gasteiger partial charge in [0.15, 0.2) is 30.9 Å². The van der Waals surface area contributed by atoms with Crippen molar-refractivity contribution in [3.05, 3.63) is 0 Å². The molecule has 17 atom stereocenters. The van der Waals surface area contributed by atoms with Crippen molar-refractivity contribution in [1.82, 2.24) is 0 Å². The first-order valence-corrected chi connectivity index (χ1v) is 20.2.